The van der Waals surface area contributed by atoms with Crippen LogP contribution in [0.1, 0.15) is 11.3 Å². The van der Waals surface area contributed by atoms with E-state index in [0.29, 0.717) is 12.3 Å². The van der Waals surface area contributed by atoms with Crippen LogP contribution in [0.4, 0.5) is 19.0 Å². The van der Waals surface area contributed by atoms with Gasteiger partial charge in [0.05, 0.1) is 0 Å². The summed E-state index contributed by atoms with van der Waals surface area (Å²) in [7, 11) is 1.89. The molecule has 0 bridgehead atoms. The van der Waals surface area contributed by atoms with Crippen LogP contribution in [0.25, 0.3) is 0 Å². The summed E-state index contributed by atoms with van der Waals surface area (Å²) in [5, 5.41) is 0. The van der Waals surface area contributed by atoms with E-state index in [2.05, 4.69) is 9.97 Å². The highest BCUT2D eigenvalue weighted by Gasteiger charge is 2.32. The van der Waals surface area contributed by atoms with E-state index in [4.69, 9.17) is 9.47 Å². The molecule has 156 valence electrons. The molecule has 7 nitrogen and oxygen atoms in total. The van der Waals surface area contributed by atoms with Crippen LogP contribution < -0.4 is 20.1 Å². The number of fused-ring (bicyclic) bond motifs is 1. The molecule has 10 heteroatoms. The molecule has 0 amide bonds. The Morgan fingerprint density at radius 3 is 2.53 bits per heavy atom. The zero-order valence-corrected chi connectivity index (χ0v) is 15.9. The Morgan fingerprint density at radius 1 is 1.03 bits per heavy atom. The molecular weight excluding hydrogens is 401 g/mol. The van der Waals surface area contributed by atoms with Crippen molar-refractivity contribution in [2.24, 2.45) is 0 Å². The number of likely N-dealkylation sites (N-methyl/N-ethyl adjacent to an activating group) is 1. The maximum atomic E-state index is 12.7. The van der Waals surface area contributed by atoms with Gasteiger partial charge in [0.2, 0.25) is 11.8 Å². The van der Waals surface area contributed by atoms with Crippen LogP contribution in [0.15, 0.2) is 53.3 Å². The maximum Gasteiger partial charge on any atom is 0.433 e. The lowest BCUT2D eigenvalue weighted by atomic mass is 10.2. The van der Waals surface area contributed by atoms with Crippen molar-refractivity contribution in [1.82, 2.24) is 14.5 Å². The molecule has 30 heavy (non-hydrogen) atoms. The summed E-state index contributed by atoms with van der Waals surface area (Å²) in [6.07, 6.45) is -4.54. The van der Waals surface area contributed by atoms with Gasteiger partial charge in [0.1, 0.15) is 23.9 Å². The second-order valence-electron chi connectivity index (χ2n) is 6.70. The zero-order chi connectivity index (χ0) is 21.3. The molecule has 0 spiro atoms. The molecule has 0 radical (unpaired) electrons. The molecule has 3 heterocycles. The fourth-order valence-corrected chi connectivity index (χ4v) is 3.00. The number of hydrogen-bond acceptors (Lipinski definition) is 6. The number of alkyl halides is 3. The highest BCUT2D eigenvalue weighted by atomic mass is 19.4. The Bertz CT molecular complexity index is 1110. The minimum absolute atomic E-state index is 0.152. The van der Waals surface area contributed by atoms with E-state index < -0.39 is 11.9 Å². The van der Waals surface area contributed by atoms with Crippen molar-refractivity contribution in [2.45, 2.75) is 19.3 Å². The number of halogens is 3. The molecule has 0 atom stereocenters. The topological polar surface area (TPSA) is 69.5 Å². The molecular formula is C20H17F3N4O3. The number of aromatic nitrogens is 3. The summed E-state index contributed by atoms with van der Waals surface area (Å²) in [6.45, 7) is 1.50. The number of nitrogens with zero attached hydrogens (tertiary/aromatic N) is 4. The molecule has 0 aliphatic carbocycles. The summed E-state index contributed by atoms with van der Waals surface area (Å²) in [4.78, 5) is 21.4. The Hall–Kier alpha value is -3.56. The van der Waals surface area contributed by atoms with Gasteiger partial charge in [-0.1, -0.05) is 18.2 Å². The summed E-state index contributed by atoms with van der Waals surface area (Å²) >= 11 is 0. The van der Waals surface area contributed by atoms with Gasteiger partial charge < -0.3 is 14.4 Å². The molecule has 1 aromatic carbocycles. The Balaban J connectivity index is 1.41. The third-order valence-corrected chi connectivity index (χ3v) is 4.56. The predicted molar refractivity (Wildman–Crippen MR) is 102 cm³/mol. The molecule has 3 aromatic rings. The SMILES string of the molecule is CN1CCn2c1cc(OCc1ccc(Oc3cccc(C(F)(F)F)n3)cc1)nc2=O. The number of pyridine rings is 1. The monoisotopic (exact) mass is 418 g/mol. The quantitative estimate of drug-likeness (QED) is 0.632. The van der Waals surface area contributed by atoms with E-state index >= 15 is 0 Å². The molecule has 0 saturated heterocycles. The van der Waals surface area contributed by atoms with E-state index in [-0.39, 0.29) is 24.1 Å². The highest BCUT2D eigenvalue weighted by molar-refractivity contribution is 5.44. The van der Waals surface area contributed by atoms with Gasteiger partial charge in [-0.15, -0.1) is 0 Å². The van der Waals surface area contributed by atoms with E-state index in [1.165, 1.54) is 12.1 Å². The third-order valence-electron chi connectivity index (χ3n) is 4.56. The van der Waals surface area contributed by atoms with Crippen LogP contribution in [0, 0.1) is 0 Å². The van der Waals surface area contributed by atoms with Gasteiger partial charge in [0.25, 0.3) is 0 Å². The molecule has 0 saturated carbocycles. The van der Waals surface area contributed by atoms with Crippen molar-refractivity contribution >= 4 is 5.82 Å². The fraction of sp³-hybridized carbons (Fsp3) is 0.250. The van der Waals surface area contributed by atoms with Crippen molar-refractivity contribution in [3.05, 3.63) is 70.3 Å². The fourth-order valence-electron chi connectivity index (χ4n) is 3.00. The Labute approximate surface area is 169 Å². The molecule has 4 rings (SSSR count). The Kier molecular flexibility index (Phi) is 5.06. The summed E-state index contributed by atoms with van der Waals surface area (Å²) in [5.74, 6) is 1.16. The van der Waals surface area contributed by atoms with Crippen molar-refractivity contribution < 1.29 is 22.6 Å². The van der Waals surface area contributed by atoms with E-state index in [1.807, 2.05) is 11.9 Å². The second-order valence-corrected chi connectivity index (χ2v) is 6.70. The van der Waals surface area contributed by atoms with Gasteiger partial charge in [0, 0.05) is 32.3 Å². The molecule has 1 aliphatic rings. The third kappa shape index (κ3) is 4.22. The zero-order valence-electron chi connectivity index (χ0n) is 15.9. The standard InChI is InChI=1S/C20H17F3N4O3/c1-26-9-10-27-18(26)11-17(25-19(27)28)29-12-13-5-7-14(8-6-13)30-16-4-2-3-15(24-16)20(21,22)23/h2-8,11H,9-10,12H2,1H3. The van der Waals surface area contributed by atoms with Crippen molar-refractivity contribution in [3.63, 3.8) is 0 Å². The minimum atomic E-state index is -4.54. The minimum Gasteiger partial charge on any atom is -0.473 e. The van der Waals surface area contributed by atoms with Crippen LogP contribution >= 0.6 is 0 Å². The largest absolute Gasteiger partial charge is 0.473 e. The number of rotatable bonds is 5. The molecule has 0 N–H and O–H groups in total. The van der Waals surface area contributed by atoms with Gasteiger partial charge in [-0.05, 0) is 23.8 Å². The van der Waals surface area contributed by atoms with Crippen LogP contribution in [0.5, 0.6) is 17.5 Å². The normalized spacial score (nSPS) is 13.3. The molecule has 1 aliphatic heterocycles. The molecule has 0 unspecified atom stereocenters. The average molecular weight is 418 g/mol. The van der Waals surface area contributed by atoms with E-state index in [1.54, 1.807) is 34.9 Å². The predicted octanol–water partition coefficient (Wildman–Crippen LogP) is 3.48. The van der Waals surface area contributed by atoms with Crippen molar-refractivity contribution in [3.8, 4) is 17.5 Å². The molecule has 2 aromatic heterocycles. The number of anilines is 1. The van der Waals surface area contributed by atoms with E-state index in [0.717, 1.165) is 24.0 Å². The van der Waals surface area contributed by atoms with Gasteiger partial charge in [-0.2, -0.15) is 18.2 Å². The van der Waals surface area contributed by atoms with Gasteiger partial charge in [-0.25, -0.2) is 9.78 Å². The highest BCUT2D eigenvalue weighted by Crippen LogP contribution is 2.30. The maximum absolute atomic E-state index is 12.7. The Morgan fingerprint density at radius 2 is 1.80 bits per heavy atom. The van der Waals surface area contributed by atoms with Gasteiger partial charge in [-0.3, -0.25) is 4.57 Å². The molecule has 0 fully saturated rings. The van der Waals surface area contributed by atoms with Crippen molar-refractivity contribution in [2.75, 3.05) is 18.5 Å². The first-order valence-electron chi connectivity index (χ1n) is 9.06. The van der Waals surface area contributed by atoms with E-state index in [9.17, 15) is 18.0 Å². The lowest BCUT2D eigenvalue weighted by Crippen LogP contribution is -2.22. The lowest BCUT2D eigenvalue weighted by molar-refractivity contribution is -0.141. The van der Waals surface area contributed by atoms with Gasteiger partial charge >= 0.3 is 11.9 Å². The van der Waals surface area contributed by atoms with Crippen LogP contribution in [-0.2, 0) is 19.3 Å². The number of benzene rings is 1. The van der Waals surface area contributed by atoms with Crippen LogP contribution in [0.2, 0.25) is 0 Å². The van der Waals surface area contributed by atoms with Crippen LogP contribution in [0.3, 0.4) is 0 Å². The lowest BCUT2D eigenvalue weighted by Gasteiger charge is -2.12. The number of hydrogen-bond donors (Lipinski definition) is 0. The first-order chi connectivity index (χ1) is 14.3. The summed E-state index contributed by atoms with van der Waals surface area (Å²) in [6, 6.07) is 11.8. The summed E-state index contributed by atoms with van der Waals surface area (Å²) < 4.78 is 50.8. The van der Waals surface area contributed by atoms with Crippen molar-refractivity contribution in [1.29, 1.82) is 0 Å². The number of ether oxygens (including phenoxy) is 2. The first-order valence-corrected chi connectivity index (χ1v) is 9.06. The van der Waals surface area contributed by atoms with Crippen LogP contribution in [-0.4, -0.2) is 28.1 Å². The van der Waals surface area contributed by atoms with Gasteiger partial charge in [0.15, 0.2) is 0 Å². The second kappa shape index (κ2) is 7.69. The summed E-state index contributed by atoms with van der Waals surface area (Å²) in [5.41, 5.74) is -0.604. The first kappa shape index (κ1) is 19.7. The average Bonchev–Trinajstić information content (AvgIpc) is 3.08. The smallest absolute Gasteiger partial charge is 0.433 e.